The van der Waals surface area contributed by atoms with Gasteiger partial charge in [0.1, 0.15) is 5.69 Å². The van der Waals surface area contributed by atoms with Crippen LogP contribution in [0, 0.1) is 0 Å². The van der Waals surface area contributed by atoms with Crippen molar-refractivity contribution in [2.45, 2.75) is 43.3 Å². The summed E-state index contributed by atoms with van der Waals surface area (Å²) in [5, 5.41) is 4.87. The summed E-state index contributed by atoms with van der Waals surface area (Å²) in [5.41, 5.74) is 8.98. The molecule has 1 saturated heterocycles. The predicted octanol–water partition coefficient (Wildman–Crippen LogP) is 3.80. The second-order valence-corrected chi connectivity index (χ2v) is 10.6. The van der Waals surface area contributed by atoms with Gasteiger partial charge in [-0.15, -0.1) is 11.8 Å². The molecule has 3 amide bonds. The van der Waals surface area contributed by atoms with Crippen LogP contribution in [0.3, 0.4) is 0 Å². The molecule has 0 atom stereocenters. The SMILES string of the molecule is CC(C)Sc1cccc(-n2nc(C(N)=O)c3c2C(=O)N(c2ccc(N4CCCC4=O)cc2)CC3)c1. The number of hydrogen-bond donors (Lipinski definition) is 1. The highest BCUT2D eigenvalue weighted by Crippen LogP contribution is 2.32. The van der Waals surface area contributed by atoms with Crippen molar-refractivity contribution in [2.75, 3.05) is 22.9 Å². The van der Waals surface area contributed by atoms with Gasteiger partial charge < -0.3 is 15.5 Å². The largest absolute Gasteiger partial charge is 0.364 e. The van der Waals surface area contributed by atoms with E-state index in [0.717, 1.165) is 22.7 Å². The van der Waals surface area contributed by atoms with Gasteiger partial charge in [0, 0.05) is 46.6 Å². The Morgan fingerprint density at radius 3 is 2.31 bits per heavy atom. The molecule has 1 aromatic heterocycles. The van der Waals surface area contributed by atoms with Crippen molar-refractivity contribution in [3.63, 3.8) is 0 Å². The summed E-state index contributed by atoms with van der Waals surface area (Å²) in [7, 11) is 0. The number of benzene rings is 2. The Hall–Kier alpha value is -3.59. The quantitative estimate of drug-likeness (QED) is 0.531. The molecular weight excluding hydrogens is 462 g/mol. The van der Waals surface area contributed by atoms with Gasteiger partial charge in [-0.2, -0.15) is 5.10 Å². The summed E-state index contributed by atoms with van der Waals surface area (Å²) < 4.78 is 1.55. The van der Waals surface area contributed by atoms with Crippen molar-refractivity contribution in [2.24, 2.45) is 5.73 Å². The second kappa shape index (κ2) is 9.22. The molecule has 0 radical (unpaired) electrons. The van der Waals surface area contributed by atoms with Crippen molar-refractivity contribution in [3.05, 3.63) is 65.5 Å². The Bertz CT molecular complexity index is 1320. The fourth-order valence-corrected chi connectivity index (χ4v) is 5.58. The molecule has 35 heavy (non-hydrogen) atoms. The maximum Gasteiger partial charge on any atom is 0.277 e. The number of amides is 3. The third-order valence-electron chi connectivity index (χ3n) is 6.23. The van der Waals surface area contributed by atoms with Gasteiger partial charge in [0.2, 0.25) is 5.91 Å². The zero-order valence-electron chi connectivity index (χ0n) is 19.7. The number of carbonyl (C=O) groups excluding carboxylic acids is 3. The lowest BCUT2D eigenvalue weighted by molar-refractivity contribution is -0.117. The molecule has 2 aliphatic heterocycles. The summed E-state index contributed by atoms with van der Waals surface area (Å²) in [6.07, 6.45) is 1.89. The molecule has 0 bridgehead atoms. The maximum atomic E-state index is 13.7. The summed E-state index contributed by atoms with van der Waals surface area (Å²) >= 11 is 1.71. The van der Waals surface area contributed by atoms with Gasteiger partial charge in [0.25, 0.3) is 11.8 Å². The number of aromatic nitrogens is 2. The highest BCUT2D eigenvalue weighted by molar-refractivity contribution is 7.99. The molecule has 2 N–H and O–H groups in total. The van der Waals surface area contributed by atoms with Crippen LogP contribution in [0.15, 0.2) is 53.4 Å². The highest BCUT2D eigenvalue weighted by atomic mass is 32.2. The van der Waals surface area contributed by atoms with E-state index in [1.165, 1.54) is 0 Å². The number of carbonyl (C=O) groups is 3. The van der Waals surface area contributed by atoms with Crippen molar-refractivity contribution < 1.29 is 14.4 Å². The van der Waals surface area contributed by atoms with E-state index in [4.69, 9.17) is 5.73 Å². The van der Waals surface area contributed by atoms with Crippen molar-refractivity contribution in [1.29, 1.82) is 0 Å². The van der Waals surface area contributed by atoms with E-state index in [0.29, 0.717) is 48.1 Å². The Morgan fingerprint density at radius 1 is 0.971 bits per heavy atom. The van der Waals surface area contributed by atoms with Crippen LogP contribution in [-0.4, -0.2) is 45.8 Å². The van der Waals surface area contributed by atoms with Crippen LogP contribution in [-0.2, 0) is 11.2 Å². The van der Waals surface area contributed by atoms with Crippen LogP contribution in [0.25, 0.3) is 5.69 Å². The topological polar surface area (TPSA) is 102 Å². The van der Waals surface area contributed by atoms with Gasteiger partial charge >= 0.3 is 0 Å². The lowest BCUT2D eigenvalue weighted by Gasteiger charge is -2.28. The molecule has 3 heterocycles. The fourth-order valence-electron chi connectivity index (χ4n) is 4.69. The van der Waals surface area contributed by atoms with Crippen LogP contribution in [0.1, 0.15) is 53.2 Å². The van der Waals surface area contributed by atoms with Crippen LogP contribution in [0.5, 0.6) is 0 Å². The van der Waals surface area contributed by atoms with Crippen molar-refractivity contribution >= 4 is 40.9 Å². The molecule has 9 heteroatoms. The first kappa shape index (κ1) is 23.2. The molecule has 2 aromatic carbocycles. The van der Waals surface area contributed by atoms with E-state index >= 15 is 0 Å². The number of fused-ring (bicyclic) bond motifs is 1. The number of rotatable bonds is 6. The first-order valence-electron chi connectivity index (χ1n) is 11.7. The van der Waals surface area contributed by atoms with Gasteiger partial charge in [-0.25, -0.2) is 4.68 Å². The highest BCUT2D eigenvalue weighted by Gasteiger charge is 2.34. The zero-order chi connectivity index (χ0) is 24.7. The third kappa shape index (κ3) is 4.32. The number of nitrogens with zero attached hydrogens (tertiary/aromatic N) is 4. The number of thioether (sulfide) groups is 1. The molecular formula is C26H27N5O3S. The van der Waals surface area contributed by atoms with Crippen LogP contribution >= 0.6 is 11.8 Å². The van der Waals surface area contributed by atoms with E-state index in [-0.39, 0.29) is 17.5 Å². The average Bonchev–Trinajstić information content (AvgIpc) is 3.44. The zero-order valence-corrected chi connectivity index (χ0v) is 20.5. The van der Waals surface area contributed by atoms with E-state index < -0.39 is 5.91 Å². The van der Waals surface area contributed by atoms with Crippen LogP contribution in [0.2, 0.25) is 0 Å². The molecule has 0 saturated carbocycles. The molecule has 8 nitrogen and oxygen atoms in total. The number of nitrogens with two attached hydrogens (primary N) is 1. The van der Waals surface area contributed by atoms with E-state index in [9.17, 15) is 14.4 Å². The van der Waals surface area contributed by atoms with Crippen molar-refractivity contribution in [1.82, 2.24) is 9.78 Å². The molecule has 180 valence electrons. The van der Waals surface area contributed by atoms with E-state index in [1.807, 2.05) is 48.5 Å². The van der Waals surface area contributed by atoms with Gasteiger partial charge in [-0.1, -0.05) is 19.9 Å². The Labute approximate surface area is 208 Å². The molecule has 3 aromatic rings. The lowest BCUT2D eigenvalue weighted by Crippen LogP contribution is -2.39. The number of hydrogen-bond acceptors (Lipinski definition) is 5. The fraction of sp³-hybridized carbons (Fsp3) is 0.308. The molecule has 0 aliphatic carbocycles. The monoisotopic (exact) mass is 489 g/mol. The Balaban J connectivity index is 1.51. The van der Waals surface area contributed by atoms with E-state index in [2.05, 4.69) is 18.9 Å². The number of primary amides is 1. The maximum absolute atomic E-state index is 13.7. The summed E-state index contributed by atoms with van der Waals surface area (Å²) in [5.74, 6) is -0.760. The first-order chi connectivity index (χ1) is 16.8. The van der Waals surface area contributed by atoms with Gasteiger partial charge in [-0.3, -0.25) is 14.4 Å². The Kier molecular flexibility index (Phi) is 6.10. The van der Waals surface area contributed by atoms with Gasteiger partial charge in [0.05, 0.1) is 5.69 Å². The van der Waals surface area contributed by atoms with Crippen LogP contribution in [0.4, 0.5) is 11.4 Å². The predicted molar refractivity (Wildman–Crippen MR) is 136 cm³/mol. The lowest BCUT2D eigenvalue weighted by atomic mass is 10.0. The summed E-state index contributed by atoms with van der Waals surface area (Å²) in [6.45, 7) is 5.35. The van der Waals surface area contributed by atoms with Crippen LogP contribution < -0.4 is 15.5 Å². The first-order valence-corrected chi connectivity index (χ1v) is 12.6. The number of anilines is 2. The summed E-state index contributed by atoms with van der Waals surface area (Å²) in [6, 6.07) is 15.2. The molecule has 0 unspecified atom stereocenters. The normalized spacial score (nSPS) is 15.7. The second-order valence-electron chi connectivity index (χ2n) is 8.99. The molecule has 0 spiro atoms. The van der Waals surface area contributed by atoms with E-state index in [1.54, 1.807) is 26.2 Å². The minimum Gasteiger partial charge on any atom is -0.364 e. The van der Waals surface area contributed by atoms with Crippen molar-refractivity contribution in [3.8, 4) is 5.69 Å². The molecule has 5 rings (SSSR count). The minimum atomic E-state index is -0.645. The molecule has 1 fully saturated rings. The standard InChI is InChI=1S/C26H27N5O3S/c1-16(2)35-20-6-3-5-19(15-20)31-24-21(23(28-31)25(27)33)12-14-30(26(24)34)18-10-8-17(9-11-18)29-13-4-7-22(29)32/h3,5-6,8-11,15-16H,4,7,12-14H2,1-2H3,(H2,27,33). The third-order valence-corrected chi connectivity index (χ3v) is 7.23. The smallest absolute Gasteiger partial charge is 0.277 e. The average molecular weight is 490 g/mol. The van der Waals surface area contributed by atoms with Gasteiger partial charge in [-0.05, 0) is 55.3 Å². The summed E-state index contributed by atoms with van der Waals surface area (Å²) in [4.78, 5) is 42.5. The molecule has 2 aliphatic rings. The minimum absolute atomic E-state index is 0.122. The Morgan fingerprint density at radius 2 is 1.69 bits per heavy atom. The van der Waals surface area contributed by atoms with Gasteiger partial charge in [0.15, 0.2) is 5.69 Å².